The summed E-state index contributed by atoms with van der Waals surface area (Å²) >= 11 is 7.30. The van der Waals surface area contributed by atoms with Crippen LogP contribution in [0, 0.1) is 13.8 Å². The molecule has 2 saturated heterocycles. The number of piperazine rings is 1. The number of rotatable bonds is 7. The van der Waals surface area contributed by atoms with Crippen LogP contribution in [0.5, 0.6) is 0 Å². The monoisotopic (exact) mass is 605 g/mol. The maximum atomic E-state index is 13.7. The van der Waals surface area contributed by atoms with Crippen molar-refractivity contribution in [2.45, 2.75) is 45.3 Å². The highest BCUT2D eigenvalue weighted by Crippen LogP contribution is 2.37. The number of aromatic nitrogens is 5. The van der Waals surface area contributed by atoms with Gasteiger partial charge < -0.3 is 15.1 Å². The Hall–Kier alpha value is -3.90. The van der Waals surface area contributed by atoms with Crippen LogP contribution in [0.2, 0.25) is 5.15 Å². The Balaban J connectivity index is 1.35. The second kappa shape index (κ2) is 11.1. The number of halogens is 1. The molecule has 2 aliphatic heterocycles. The number of nitrogens with one attached hydrogen (secondary N) is 2. The van der Waals surface area contributed by atoms with Crippen molar-refractivity contribution >= 4 is 57.8 Å². The summed E-state index contributed by atoms with van der Waals surface area (Å²) in [5.74, 6) is 1.19. The number of pyridine rings is 1. The van der Waals surface area contributed by atoms with E-state index in [1.165, 1.54) is 11.9 Å². The fourth-order valence-corrected chi connectivity index (χ4v) is 6.46. The van der Waals surface area contributed by atoms with Crippen LogP contribution in [0.15, 0.2) is 41.5 Å². The van der Waals surface area contributed by atoms with Gasteiger partial charge in [-0.3, -0.25) is 23.9 Å². The minimum atomic E-state index is -0.349. The Labute approximate surface area is 252 Å². The predicted octanol–water partition coefficient (Wildman–Crippen LogP) is 4.04. The lowest BCUT2D eigenvalue weighted by Crippen LogP contribution is -2.48. The molecule has 218 valence electrons. The SMILES string of the molecule is CSNC(=O)c1nc(Cl)ccc1NC(C)c1cc(C)cc2c(=O)n(C)c(N3CC4C[C@@H]3CN4c3cnc(C)cn3)nc12. The Bertz CT molecular complexity index is 1750. The van der Waals surface area contributed by atoms with E-state index in [0.717, 1.165) is 42.1 Å². The lowest BCUT2D eigenvalue weighted by atomic mass is 10.0. The number of benzene rings is 1. The number of anilines is 3. The lowest BCUT2D eigenvalue weighted by molar-refractivity contribution is 0.0980. The zero-order valence-corrected chi connectivity index (χ0v) is 25.6. The maximum absolute atomic E-state index is 13.7. The molecule has 0 aliphatic carbocycles. The number of hydrogen-bond donors (Lipinski definition) is 2. The number of nitrogens with zero attached hydrogens (tertiary/aromatic N) is 7. The topological polar surface area (TPSA) is 121 Å². The van der Waals surface area contributed by atoms with Crippen molar-refractivity contribution in [3.8, 4) is 0 Å². The lowest BCUT2D eigenvalue weighted by Gasteiger charge is -2.36. The zero-order chi connectivity index (χ0) is 29.7. The molecule has 2 N–H and O–H groups in total. The van der Waals surface area contributed by atoms with Gasteiger partial charge in [0, 0.05) is 32.0 Å². The molecule has 0 radical (unpaired) electrons. The Morgan fingerprint density at radius 1 is 1.10 bits per heavy atom. The van der Waals surface area contributed by atoms with Crippen LogP contribution in [0.3, 0.4) is 0 Å². The Kier molecular flexibility index (Phi) is 7.44. The smallest absolute Gasteiger partial charge is 0.281 e. The first-order chi connectivity index (χ1) is 20.1. The number of amides is 1. The average Bonchev–Trinajstić information content (AvgIpc) is 3.58. The first-order valence-corrected chi connectivity index (χ1v) is 15.3. The second-order valence-corrected chi connectivity index (χ2v) is 11.9. The van der Waals surface area contributed by atoms with Crippen molar-refractivity contribution in [3.05, 3.63) is 74.7 Å². The van der Waals surface area contributed by atoms with Gasteiger partial charge in [-0.25, -0.2) is 15.0 Å². The van der Waals surface area contributed by atoms with Gasteiger partial charge in [0.1, 0.15) is 11.0 Å². The molecule has 3 atom stereocenters. The van der Waals surface area contributed by atoms with Gasteiger partial charge in [0.2, 0.25) is 5.95 Å². The number of carbonyl (C=O) groups is 1. The first-order valence-electron chi connectivity index (χ1n) is 13.7. The molecule has 6 rings (SSSR count). The molecule has 13 heteroatoms. The van der Waals surface area contributed by atoms with Crippen molar-refractivity contribution in [2.75, 3.05) is 34.5 Å². The molecular formula is C29H32ClN9O2S. The van der Waals surface area contributed by atoms with Crippen LogP contribution in [-0.4, -0.2) is 61.8 Å². The minimum Gasteiger partial charge on any atom is -0.377 e. The van der Waals surface area contributed by atoms with Gasteiger partial charge in [0.15, 0.2) is 5.69 Å². The largest absolute Gasteiger partial charge is 0.377 e. The molecule has 42 heavy (non-hydrogen) atoms. The summed E-state index contributed by atoms with van der Waals surface area (Å²) in [6.07, 6.45) is 6.36. The molecule has 0 saturated carbocycles. The fourth-order valence-electron chi connectivity index (χ4n) is 6.03. The molecule has 11 nitrogen and oxygen atoms in total. The molecule has 2 aliphatic rings. The molecule has 2 unspecified atom stereocenters. The van der Waals surface area contributed by atoms with E-state index in [1.807, 2.05) is 39.1 Å². The van der Waals surface area contributed by atoms with E-state index in [2.05, 4.69) is 34.8 Å². The van der Waals surface area contributed by atoms with Crippen molar-refractivity contribution in [1.82, 2.24) is 29.2 Å². The average molecular weight is 606 g/mol. The summed E-state index contributed by atoms with van der Waals surface area (Å²) in [6, 6.07) is 7.48. The molecular weight excluding hydrogens is 574 g/mol. The molecule has 1 amide bonds. The van der Waals surface area contributed by atoms with Gasteiger partial charge in [-0.15, -0.1) is 0 Å². The van der Waals surface area contributed by atoms with Crippen LogP contribution in [0.25, 0.3) is 10.9 Å². The van der Waals surface area contributed by atoms with Crippen molar-refractivity contribution in [1.29, 1.82) is 0 Å². The van der Waals surface area contributed by atoms with E-state index < -0.39 is 0 Å². The minimum absolute atomic E-state index is 0.0932. The zero-order valence-electron chi connectivity index (χ0n) is 24.1. The highest BCUT2D eigenvalue weighted by Gasteiger charge is 2.45. The maximum Gasteiger partial charge on any atom is 0.281 e. The van der Waals surface area contributed by atoms with Gasteiger partial charge >= 0.3 is 0 Å². The fraction of sp³-hybridized carbons (Fsp3) is 0.379. The molecule has 0 spiro atoms. The van der Waals surface area contributed by atoms with E-state index in [-0.39, 0.29) is 40.4 Å². The third-order valence-corrected chi connectivity index (χ3v) is 8.60. The molecule has 2 bridgehead atoms. The molecule has 4 aromatic rings. The highest BCUT2D eigenvalue weighted by atomic mass is 35.5. The third kappa shape index (κ3) is 5.02. The summed E-state index contributed by atoms with van der Waals surface area (Å²) in [7, 11) is 1.79. The number of fused-ring (bicyclic) bond motifs is 3. The summed E-state index contributed by atoms with van der Waals surface area (Å²) in [5, 5.41) is 4.20. The predicted molar refractivity (Wildman–Crippen MR) is 168 cm³/mol. The van der Waals surface area contributed by atoms with Gasteiger partial charge in [0.05, 0.1) is 52.8 Å². The summed E-state index contributed by atoms with van der Waals surface area (Å²) in [4.78, 5) is 49.4. The summed E-state index contributed by atoms with van der Waals surface area (Å²) < 4.78 is 4.37. The molecule has 3 aromatic heterocycles. The first kappa shape index (κ1) is 28.2. The molecule has 1 aromatic carbocycles. The standard InChI is InChI=1S/C29H32ClN9O2S/c1-15-8-20(17(3)33-22-6-7-23(30)34-26(22)27(40)36-42-5)25-21(9-15)28(41)37(4)29(35-25)39-14-18-10-19(39)13-38(18)24-12-31-16(2)11-32-24/h6-9,11-12,17-19,33H,10,13-14H2,1-5H3,(H,36,40)/t17?,18?,19-/m1/s1. The van der Waals surface area contributed by atoms with E-state index in [4.69, 9.17) is 16.6 Å². The van der Waals surface area contributed by atoms with E-state index in [0.29, 0.717) is 22.5 Å². The van der Waals surface area contributed by atoms with Gasteiger partial charge in [-0.05, 0) is 51.0 Å². The normalized spacial score (nSPS) is 18.5. The summed E-state index contributed by atoms with van der Waals surface area (Å²) in [6.45, 7) is 7.41. The van der Waals surface area contributed by atoms with Gasteiger partial charge in [-0.2, -0.15) is 0 Å². The Morgan fingerprint density at radius 3 is 2.55 bits per heavy atom. The third-order valence-electron chi connectivity index (χ3n) is 8.00. The van der Waals surface area contributed by atoms with Crippen molar-refractivity contribution in [3.63, 3.8) is 0 Å². The second-order valence-electron chi connectivity index (χ2n) is 10.9. The van der Waals surface area contributed by atoms with Gasteiger partial charge in [-0.1, -0.05) is 29.6 Å². The van der Waals surface area contributed by atoms with E-state index in [1.54, 1.807) is 36.2 Å². The van der Waals surface area contributed by atoms with Crippen molar-refractivity contribution in [2.24, 2.45) is 7.05 Å². The Morgan fingerprint density at radius 2 is 1.86 bits per heavy atom. The molecule has 5 heterocycles. The van der Waals surface area contributed by atoms with Crippen LogP contribution >= 0.6 is 23.5 Å². The van der Waals surface area contributed by atoms with Crippen molar-refractivity contribution < 1.29 is 4.79 Å². The van der Waals surface area contributed by atoms with E-state index >= 15 is 0 Å². The number of aryl methyl sites for hydroxylation is 2. The molecule has 2 fully saturated rings. The van der Waals surface area contributed by atoms with Crippen LogP contribution in [-0.2, 0) is 7.05 Å². The van der Waals surface area contributed by atoms with E-state index in [9.17, 15) is 9.59 Å². The number of hydrogen-bond acceptors (Lipinski definition) is 10. The summed E-state index contributed by atoms with van der Waals surface area (Å²) in [5.41, 5.74) is 3.97. The van der Waals surface area contributed by atoms with Crippen LogP contribution < -0.4 is 25.4 Å². The van der Waals surface area contributed by atoms with Crippen LogP contribution in [0.1, 0.15) is 46.7 Å². The number of carbonyl (C=O) groups excluding carboxylic acids is 1. The van der Waals surface area contributed by atoms with Crippen LogP contribution in [0.4, 0.5) is 17.5 Å². The quantitative estimate of drug-likeness (QED) is 0.236. The highest BCUT2D eigenvalue weighted by molar-refractivity contribution is 7.97. The van der Waals surface area contributed by atoms with Gasteiger partial charge in [0.25, 0.3) is 11.5 Å².